The van der Waals surface area contributed by atoms with E-state index in [4.69, 9.17) is 4.89 Å². The molecule has 0 fully saturated rings. The fourth-order valence-electron chi connectivity index (χ4n) is 2.50. The van der Waals surface area contributed by atoms with Crippen molar-refractivity contribution in [1.29, 1.82) is 0 Å². The Hall–Kier alpha value is -1.02. The molecule has 1 N–H and O–H groups in total. The summed E-state index contributed by atoms with van der Waals surface area (Å²) in [7, 11) is 0. The average molecular weight is 278 g/mol. The summed E-state index contributed by atoms with van der Waals surface area (Å²) in [5.74, 6) is 2.00. The van der Waals surface area contributed by atoms with Gasteiger partial charge in [-0.2, -0.15) is 0 Å². The molecule has 1 aromatic carbocycles. The molecule has 0 aliphatic heterocycles. The molecule has 0 radical (unpaired) electrons. The van der Waals surface area contributed by atoms with E-state index in [2.05, 4.69) is 53.7 Å². The highest BCUT2D eigenvalue weighted by Crippen LogP contribution is 2.39. The first-order valence-electron chi connectivity index (χ1n) is 7.99. The van der Waals surface area contributed by atoms with E-state index in [1.54, 1.807) is 0 Å². The van der Waals surface area contributed by atoms with Crippen molar-refractivity contribution < 1.29 is 10.1 Å². The van der Waals surface area contributed by atoms with E-state index in [1.807, 2.05) is 0 Å². The van der Waals surface area contributed by atoms with E-state index < -0.39 is 0 Å². The molecule has 3 unspecified atom stereocenters. The van der Waals surface area contributed by atoms with E-state index in [9.17, 15) is 5.26 Å². The Labute approximate surface area is 124 Å². The number of rotatable bonds is 7. The van der Waals surface area contributed by atoms with Crippen molar-refractivity contribution in [2.45, 2.75) is 78.6 Å². The monoisotopic (exact) mass is 278 g/mol. The fraction of sp³-hybridized carbons (Fsp3) is 0.667. The maximum Gasteiger partial charge on any atom is 0.172 e. The highest BCUT2D eigenvalue weighted by atomic mass is 17.1. The van der Waals surface area contributed by atoms with Crippen LogP contribution < -0.4 is 4.89 Å². The Morgan fingerprint density at radius 1 is 0.850 bits per heavy atom. The van der Waals surface area contributed by atoms with Crippen LogP contribution in [0.2, 0.25) is 0 Å². The molecule has 20 heavy (non-hydrogen) atoms. The lowest BCUT2D eigenvalue weighted by Crippen LogP contribution is -2.06. The highest BCUT2D eigenvalue weighted by molar-refractivity contribution is 5.48. The predicted molar refractivity (Wildman–Crippen MR) is 85.8 cm³/mol. The van der Waals surface area contributed by atoms with Gasteiger partial charge in [0.2, 0.25) is 0 Å². The Morgan fingerprint density at radius 3 is 1.55 bits per heavy atom. The lowest BCUT2D eigenvalue weighted by molar-refractivity contribution is -0.139. The molecule has 1 aromatic rings. The molecule has 114 valence electrons. The molecule has 0 aliphatic carbocycles. The third-order valence-electron chi connectivity index (χ3n) is 4.73. The van der Waals surface area contributed by atoms with Gasteiger partial charge in [0.15, 0.2) is 5.75 Å². The van der Waals surface area contributed by atoms with Gasteiger partial charge in [0.1, 0.15) is 0 Å². The number of benzene rings is 1. The summed E-state index contributed by atoms with van der Waals surface area (Å²) in [5.41, 5.74) is 3.64. The zero-order chi connectivity index (χ0) is 15.3. The summed E-state index contributed by atoms with van der Waals surface area (Å²) in [6.07, 6.45) is 3.21. The molecular weight excluding hydrogens is 248 g/mol. The van der Waals surface area contributed by atoms with Crippen LogP contribution in [0.25, 0.3) is 0 Å². The summed E-state index contributed by atoms with van der Waals surface area (Å²) in [4.78, 5) is 4.79. The molecule has 2 heteroatoms. The first-order valence-corrected chi connectivity index (χ1v) is 7.99. The molecule has 0 bridgehead atoms. The smallest absolute Gasteiger partial charge is 0.172 e. The molecule has 3 atom stereocenters. The van der Waals surface area contributed by atoms with Crippen molar-refractivity contribution in [3.8, 4) is 5.75 Å². The average Bonchev–Trinajstić information content (AvgIpc) is 2.50. The molecule has 0 aliphatic rings. The SMILES string of the molecule is CCC(C)c1cc(C(C)CC)c(OO)c(C(C)CC)c1. The maximum absolute atomic E-state index is 9.37. The zero-order valence-electron chi connectivity index (χ0n) is 13.9. The summed E-state index contributed by atoms with van der Waals surface area (Å²) in [6, 6.07) is 4.44. The molecule has 0 aromatic heterocycles. The molecule has 0 saturated heterocycles. The highest BCUT2D eigenvalue weighted by Gasteiger charge is 2.21. The van der Waals surface area contributed by atoms with Crippen molar-refractivity contribution in [2.75, 3.05) is 0 Å². The van der Waals surface area contributed by atoms with Crippen LogP contribution in [0.15, 0.2) is 12.1 Å². The summed E-state index contributed by atoms with van der Waals surface area (Å²) < 4.78 is 0. The van der Waals surface area contributed by atoms with Crippen molar-refractivity contribution in [3.05, 3.63) is 28.8 Å². The Balaban J connectivity index is 3.46. The van der Waals surface area contributed by atoms with Gasteiger partial charge in [0.25, 0.3) is 0 Å². The second-order valence-corrected chi connectivity index (χ2v) is 6.05. The van der Waals surface area contributed by atoms with Gasteiger partial charge in [0, 0.05) is 11.1 Å². The second kappa shape index (κ2) is 7.68. The second-order valence-electron chi connectivity index (χ2n) is 6.05. The molecule has 0 saturated carbocycles. The summed E-state index contributed by atoms with van der Waals surface area (Å²) >= 11 is 0. The van der Waals surface area contributed by atoms with E-state index in [-0.39, 0.29) is 0 Å². The molecule has 2 nitrogen and oxygen atoms in total. The minimum atomic E-state index is 0.393. The molecule has 0 amide bonds. The van der Waals surface area contributed by atoms with E-state index in [0.717, 1.165) is 30.4 Å². The Bertz CT molecular complexity index is 394. The third-order valence-corrected chi connectivity index (χ3v) is 4.73. The first-order chi connectivity index (χ1) is 9.49. The van der Waals surface area contributed by atoms with Gasteiger partial charge in [-0.3, -0.25) is 0 Å². The van der Waals surface area contributed by atoms with Gasteiger partial charge < -0.3 is 4.89 Å². The normalized spacial score (nSPS) is 15.8. The maximum atomic E-state index is 9.37. The third kappa shape index (κ3) is 3.54. The minimum absolute atomic E-state index is 0.393. The van der Waals surface area contributed by atoms with Gasteiger partial charge in [-0.15, -0.1) is 0 Å². The molecule has 1 rings (SSSR count). The lowest BCUT2D eigenvalue weighted by Gasteiger charge is -2.22. The van der Waals surface area contributed by atoms with Gasteiger partial charge in [-0.25, -0.2) is 5.26 Å². The fourth-order valence-corrected chi connectivity index (χ4v) is 2.50. The predicted octanol–water partition coefficient (Wildman–Crippen LogP) is 6.08. The van der Waals surface area contributed by atoms with E-state index in [1.165, 1.54) is 5.56 Å². The van der Waals surface area contributed by atoms with Crippen molar-refractivity contribution >= 4 is 0 Å². The van der Waals surface area contributed by atoms with Crippen molar-refractivity contribution in [2.24, 2.45) is 0 Å². The summed E-state index contributed by atoms with van der Waals surface area (Å²) in [5, 5.41) is 9.37. The van der Waals surface area contributed by atoms with Crippen LogP contribution in [0, 0.1) is 0 Å². The molecule has 0 heterocycles. The lowest BCUT2D eigenvalue weighted by atomic mass is 9.85. The minimum Gasteiger partial charge on any atom is -0.340 e. The van der Waals surface area contributed by atoms with Gasteiger partial charge in [-0.1, -0.05) is 53.7 Å². The van der Waals surface area contributed by atoms with Crippen LogP contribution in [0.3, 0.4) is 0 Å². The van der Waals surface area contributed by atoms with E-state index >= 15 is 0 Å². The number of hydrogen-bond acceptors (Lipinski definition) is 2. The van der Waals surface area contributed by atoms with Crippen LogP contribution in [-0.4, -0.2) is 5.26 Å². The molecule has 0 spiro atoms. The quantitative estimate of drug-likeness (QED) is 0.484. The Morgan fingerprint density at radius 2 is 1.25 bits per heavy atom. The Kier molecular flexibility index (Phi) is 6.54. The van der Waals surface area contributed by atoms with Crippen LogP contribution >= 0.6 is 0 Å². The van der Waals surface area contributed by atoms with Gasteiger partial charge >= 0.3 is 0 Å². The van der Waals surface area contributed by atoms with Crippen LogP contribution in [0.4, 0.5) is 0 Å². The van der Waals surface area contributed by atoms with Crippen molar-refractivity contribution in [3.63, 3.8) is 0 Å². The first kappa shape index (κ1) is 17.0. The van der Waals surface area contributed by atoms with Crippen LogP contribution in [0.5, 0.6) is 5.75 Å². The summed E-state index contributed by atoms with van der Waals surface area (Å²) in [6.45, 7) is 13.2. The van der Waals surface area contributed by atoms with Gasteiger partial charge in [-0.05, 0) is 42.6 Å². The standard InChI is InChI=1S/C18H30O2/c1-7-12(4)15-10-16(13(5)8-2)18(20-19)17(11-15)14(6)9-3/h10-14,19H,7-9H2,1-6H3. The topological polar surface area (TPSA) is 29.5 Å². The van der Waals surface area contributed by atoms with Crippen LogP contribution in [-0.2, 0) is 0 Å². The van der Waals surface area contributed by atoms with Gasteiger partial charge in [0.05, 0.1) is 0 Å². The van der Waals surface area contributed by atoms with Crippen LogP contribution in [0.1, 0.15) is 95.2 Å². The zero-order valence-corrected chi connectivity index (χ0v) is 13.9. The largest absolute Gasteiger partial charge is 0.340 e. The van der Waals surface area contributed by atoms with Crippen molar-refractivity contribution in [1.82, 2.24) is 0 Å². The van der Waals surface area contributed by atoms with E-state index in [0.29, 0.717) is 23.5 Å². The molecular formula is C18H30O2. The number of hydrogen-bond donors (Lipinski definition) is 1.